The molecule has 2 aromatic heterocycles. The Bertz CT molecular complexity index is 677. The molecule has 7 heteroatoms. The molecule has 0 atom stereocenters. The topological polar surface area (TPSA) is 59.7 Å². The van der Waals surface area contributed by atoms with Gasteiger partial charge in [-0.1, -0.05) is 0 Å². The summed E-state index contributed by atoms with van der Waals surface area (Å²) in [6.45, 7) is 3.38. The number of rotatable bonds is 1. The molecule has 2 aromatic rings. The fourth-order valence-electron chi connectivity index (χ4n) is 2.91. The van der Waals surface area contributed by atoms with E-state index >= 15 is 0 Å². The molecule has 6 nitrogen and oxygen atoms in total. The predicted molar refractivity (Wildman–Crippen MR) is 81.4 cm³/mol. The van der Waals surface area contributed by atoms with Gasteiger partial charge in [-0.2, -0.15) is 0 Å². The van der Waals surface area contributed by atoms with E-state index in [1.807, 2.05) is 13.1 Å². The number of carbonyl (C=O) groups is 1. The number of hydrogen-bond acceptors (Lipinski definition) is 4. The van der Waals surface area contributed by atoms with Crippen molar-refractivity contribution in [1.82, 2.24) is 19.3 Å². The molecule has 21 heavy (non-hydrogen) atoms. The molecule has 3 rings (SSSR count). The highest BCUT2D eigenvalue weighted by Gasteiger charge is 2.27. The minimum Gasteiger partial charge on any atom is -0.453 e. The van der Waals surface area contributed by atoms with Crippen molar-refractivity contribution in [1.29, 1.82) is 0 Å². The van der Waals surface area contributed by atoms with Crippen LogP contribution >= 0.6 is 15.9 Å². The van der Waals surface area contributed by atoms with E-state index in [2.05, 4.69) is 30.3 Å². The first kappa shape index (κ1) is 14.3. The first-order chi connectivity index (χ1) is 10.1. The third-order valence-electron chi connectivity index (χ3n) is 4.02. The molecule has 0 aliphatic carbocycles. The molecule has 0 N–H and O–H groups in total. The molecule has 0 saturated carbocycles. The van der Waals surface area contributed by atoms with Gasteiger partial charge >= 0.3 is 6.09 Å². The zero-order valence-electron chi connectivity index (χ0n) is 12.0. The van der Waals surface area contributed by atoms with Crippen molar-refractivity contribution >= 4 is 27.5 Å². The van der Waals surface area contributed by atoms with Gasteiger partial charge in [-0.3, -0.25) is 9.38 Å². The second-order valence-electron chi connectivity index (χ2n) is 5.22. The Labute approximate surface area is 131 Å². The van der Waals surface area contributed by atoms with Gasteiger partial charge in [-0.05, 0) is 35.7 Å². The number of nitrogens with zero attached hydrogens (tertiary/aromatic N) is 4. The van der Waals surface area contributed by atoms with E-state index in [4.69, 9.17) is 4.74 Å². The Hall–Kier alpha value is -1.63. The molecule has 1 saturated heterocycles. The van der Waals surface area contributed by atoms with Crippen LogP contribution in [0.25, 0.3) is 5.52 Å². The summed E-state index contributed by atoms with van der Waals surface area (Å²) >= 11 is 3.52. The Kier molecular flexibility index (Phi) is 3.84. The lowest BCUT2D eigenvalue weighted by Gasteiger charge is -2.30. The van der Waals surface area contributed by atoms with Gasteiger partial charge in [0.1, 0.15) is 15.9 Å². The second-order valence-corrected chi connectivity index (χ2v) is 5.97. The zero-order valence-corrected chi connectivity index (χ0v) is 13.6. The number of amides is 1. The van der Waals surface area contributed by atoms with Crippen LogP contribution < -0.4 is 0 Å². The summed E-state index contributed by atoms with van der Waals surface area (Å²) in [6.07, 6.45) is 5.28. The van der Waals surface area contributed by atoms with Crippen molar-refractivity contribution in [2.24, 2.45) is 0 Å². The summed E-state index contributed by atoms with van der Waals surface area (Å²) in [7, 11) is 1.42. The molecule has 0 bridgehead atoms. The quantitative estimate of drug-likeness (QED) is 0.791. The van der Waals surface area contributed by atoms with Crippen LogP contribution in [-0.2, 0) is 4.74 Å². The number of halogens is 1. The van der Waals surface area contributed by atoms with Gasteiger partial charge in [-0.25, -0.2) is 9.78 Å². The molecule has 0 unspecified atom stereocenters. The maximum atomic E-state index is 11.5. The fraction of sp³-hybridized carbons (Fsp3) is 0.500. The highest BCUT2D eigenvalue weighted by molar-refractivity contribution is 9.10. The Morgan fingerprint density at radius 3 is 2.81 bits per heavy atom. The van der Waals surface area contributed by atoms with Crippen LogP contribution in [0.1, 0.15) is 30.3 Å². The summed E-state index contributed by atoms with van der Waals surface area (Å²) in [5.41, 5.74) is 1.97. The van der Waals surface area contributed by atoms with Crippen LogP contribution in [0.4, 0.5) is 4.79 Å². The van der Waals surface area contributed by atoms with Crippen molar-refractivity contribution in [3.8, 4) is 0 Å². The van der Waals surface area contributed by atoms with Crippen LogP contribution in [0.15, 0.2) is 17.0 Å². The van der Waals surface area contributed by atoms with E-state index in [0.717, 1.165) is 34.5 Å². The maximum Gasteiger partial charge on any atom is 0.409 e. The van der Waals surface area contributed by atoms with Gasteiger partial charge in [0.2, 0.25) is 0 Å². The monoisotopic (exact) mass is 352 g/mol. The van der Waals surface area contributed by atoms with Gasteiger partial charge in [0.05, 0.1) is 12.8 Å². The van der Waals surface area contributed by atoms with Crippen molar-refractivity contribution in [2.45, 2.75) is 25.7 Å². The van der Waals surface area contributed by atoms with E-state index in [-0.39, 0.29) is 6.09 Å². The molecule has 1 amide bonds. The number of ether oxygens (including phenoxy) is 1. The first-order valence-corrected chi connectivity index (χ1v) is 7.73. The Morgan fingerprint density at radius 1 is 1.43 bits per heavy atom. The van der Waals surface area contributed by atoms with Crippen LogP contribution in [0.3, 0.4) is 0 Å². The van der Waals surface area contributed by atoms with Crippen LogP contribution in [0.5, 0.6) is 0 Å². The van der Waals surface area contributed by atoms with Gasteiger partial charge in [0.15, 0.2) is 0 Å². The van der Waals surface area contributed by atoms with Gasteiger partial charge in [0.25, 0.3) is 0 Å². The van der Waals surface area contributed by atoms with Crippen molar-refractivity contribution in [2.75, 3.05) is 20.2 Å². The molecule has 0 spiro atoms. The van der Waals surface area contributed by atoms with Crippen LogP contribution in [0.2, 0.25) is 0 Å². The largest absolute Gasteiger partial charge is 0.453 e. The standard InChI is InChI=1S/C14H17BrN4O2/c1-9-11-12(15)17-13(19(11)8-5-16-9)10-3-6-18(7-4-10)14(20)21-2/h5,8,10H,3-4,6-7H2,1-2H3. The molecule has 0 radical (unpaired) electrons. The highest BCUT2D eigenvalue weighted by atomic mass is 79.9. The number of piperidine rings is 1. The van der Waals surface area contributed by atoms with Crippen molar-refractivity contribution in [3.63, 3.8) is 0 Å². The lowest BCUT2D eigenvalue weighted by Crippen LogP contribution is -2.38. The fourth-order valence-corrected chi connectivity index (χ4v) is 3.57. The lowest BCUT2D eigenvalue weighted by molar-refractivity contribution is 0.111. The van der Waals surface area contributed by atoms with Crippen molar-refractivity contribution < 1.29 is 9.53 Å². The smallest absolute Gasteiger partial charge is 0.409 e. The SMILES string of the molecule is COC(=O)N1CCC(c2nc(Br)c3c(C)nccn23)CC1. The molecule has 0 aromatic carbocycles. The number of aromatic nitrogens is 3. The molecule has 3 heterocycles. The minimum atomic E-state index is -0.248. The number of aryl methyl sites for hydroxylation is 1. The molecule has 112 valence electrons. The number of carbonyl (C=O) groups excluding carboxylic acids is 1. The van der Waals surface area contributed by atoms with Gasteiger partial charge < -0.3 is 9.64 Å². The first-order valence-electron chi connectivity index (χ1n) is 6.93. The molecular formula is C14H17BrN4O2. The predicted octanol–water partition coefficient (Wildman–Crippen LogP) is 2.75. The number of likely N-dealkylation sites (tertiary alicyclic amines) is 1. The van der Waals surface area contributed by atoms with Gasteiger partial charge in [-0.15, -0.1) is 0 Å². The summed E-state index contributed by atoms with van der Waals surface area (Å²) in [4.78, 5) is 22.3. The van der Waals surface area contributed by atoms with Crippen LogP contribution in [-0.4, -0.2) is 45.6 Å². The Morgan fingerprint density at radius 2 is 2.14 bits per heavy atom. The van der Waals surface area contributed by atoms with E-state index in [1.165, 1.54) is 7.11 Å². The van der Waals surface area contributed by atoms with E-state index in [9.17, 15) is 4.79 Å². The van der Waals surface area contributed by atoms with E-state index in [0.29, 0.717) is 19.0 Å². The summed E-state index contributed by atoms with van der Waals surface area (Å²) in [5.74, 6) is 1.37. The normalized spacial score (nSPS) is 16.4. The zero-order chi connectivity index (χ0) is 15.0. The second kappa shape index (κ2) is 5.63. The van der Waals surface area contributed by atoms with E-state index < -0.39 is 0 Å². The average molecular weight is 353 g/mol. The molecule has 1 aliphatic heterocycles. The Balaban J connectivity index is 1.86. The third-order valence-corrected chi connectivity index (χ3v) is 4.57. The van der Waals surface area contributed by atoms with Gasteiger partial charge in [0, 0.05) is 31.4 Å². The average Bonchev–Trinajstić information content (AvgIpc) is 2.85. The molecular weight excluding hydrogens is 336 g/mol. The summed E-state index contributed by atoms with van der Waals surface area (Å²) < 4.78 is 7.71. The summed E-state index contributed by atoms with van der Waals surface area (Å²) in [5, 5.41) is 0. The van der Waals surface area contributed by atoms with Crippen LogP contribution in [0, 0.1) is 6.92 Å². The molecule has 1 fully saturated rings. The number of fused-ring (bicyclic) bond motifs is 1. The maximum absolute atomic E-state index is 11.5. The number of hydrogen-bond donors (Lipinski definition) is 0. The van der Waals surface area contributed by atoms with E-state index in [1.54, 1.807) is 11.1 Å². The molecule has 1 aliphatic rings. The highest BCUT2D eigenvalue weighted by Crippen LogP contribution is 2.31. The lowest BCUT2D eigenvalue weighted by atomic mass is 9.96. The summed E-state index contributed by atoms with van der Waals surface area (Å²) in [6, 6.07) is 0. The third kappa shape index (κ3) is 2.50. The number of imidazole rings is 1. The minimum absolute atomic E-state index is 0.248. The van der Waals surface area contributed by atoms with Crippen molar-refractivity contribution in [3.05, 3.63) is 28.5 Å². The number of methoxy groups -OCH3 is 1.